The summed E-state index contributed by atoms with van der Waals surface area (Å²) in [7, 11) is 0. The van der Waals surface area contributed by atoms with E-state index >= 15 is 0 Å². The maximum absolute atomic E-state index is 14.0. The fraction of sp³-hybridized carbons (Fsp3) is 0.208. The van der Waals surface area contributed by atoms with Gasteiger partial charge in [0.1, 0.15) is 29.9 Å². The molecule has 172 valence electrons. The van der Waals surface area contributed by atoms with E-state index in [0.717, 1.165) is 12.0 Å². The molecule has 0 aliphatic heterocycles. The van der Waals surface area contributed by atoms with Crippen LogP contribution in [0.2, 0.25) is 0 Å². The molecule has 0 fully saturated rings. The molecule has 34 heavy (non-hydrogen) atoms. The Balaban J connectivity index is 1.58. The lowest BCUT2D eigenvalue weighted by atomic mass is 10.1. The first-order chi connectivity index (χ1) is 16.4. The second kappa shape index (κ2) is 8.54. The zero-order chi connectivity index (χ0) is 23.8. The van der Waals surface area contributed by atoms with Crippen LogP contribution in [0.4, 0.5) is 10.1 Å². The topological polar surface area (TPSA) is 108 Å². The van der Waals surface area contributed by atoms with Gasteiger partial charge in [0.25, 0.3) is 5.56 Å². The van der Waals surface area contributed by atoms with Gasteiger partial charge in [-0.1, -0.05) is 24.2 Å². The molecule has 1 N–H and O–H groups in total. The monoisotopic (exact) mass is 460 g/mol. The number of aryl methyl sites for hydroxylation is 2. The third-order valence-corrected chi connectivity index (χ3v) is 5.58. The van der Waals surface area contributed by atoms with Crippen LogP contribution in [0.15, 0.2) is 58.1 Å². The summed E-state index contributed by atoms with van der Waals surface area (Å²) < 4.78 is 22.0. The van der Waals surface area contributed by atoms with Crippen molar-refractivity contribution < 1.29 is 13.7 Å². The second-order valence-corrected chi connectivity index (χ2v) is 7.96. The van der Waals surface area contributed by atoms with Crippen molar-refractivity contribution in [2.24, 2.45) is 0 Å². The molecule has 0 atom stereocenters. The highest BCUT2D eigenvalue weighted by atomic mass is 19.1. The summed E-state index contributed by atoms with van der Waals surface area (Å²) in [5, 5.41) is 7.07. The normalized spacial score (nSPS) is 11.4. The van der Waals surface area contributed by atoms with Crippen LogP contribution in [-0.4, -0.2) is 30.2 Å². The van der Waals surface area contributed by atoms with Crippen molar-refractivity contribution in [1.29, 1.82) is 0 Å². The molecule has 0 saturated carbocycles. The molecule has 3 aromatic heterocycles. The average molecular weight is 460 g/mol. The van der Waals surface area contributed by atoms with Crippen molar-refractivity contribution in [3.63, 3.8) is 0 Å². The van der Waals surface area contributed by atoms with Gasteiger partial charge in [-0.2, -0.15) is 4.98 Å². The van der Waals surface area contributed by atoms with Crippen LogP contribution in [-0.2, 0) is 24.3 Å². The quantitative estimate of drug-likeness (QED) is 0.416. The van der Waals surface area contributed by atoms with Crippen LogP contribution in [0.25, 0.3) is 21.9 Å². The number of rotatable bonds is 6. The summed E-state index contributed by atoms with van der Waals surface area (Å²) in [4.78, 5) is 34.9. The molecule has 0 radical (unpaired) electrons. The van der Waals surface area contributed by atoms with Gasteiger partial charge in [0.15, 0.2) is 5.82 Å². The van der Waals surface area contributed by atoms with Crippen molar-refractivity contribution in [3.8, 4) is 0 Å². The largest absolute Gasteiger partial charge is 0.337 e. The van der Waals surface area contributed by atoms with Crippen molar-refractivity contribution in [2.75, 3.05) is 5.32 Å². The lowest BCUT2D eigenvalue weighted by Crippen LogP contribution is -2.25. The molecular formula is C24H21FN6O3. The Kier molecular flexibility index (Phi) is 5.40. The predicted octanol–water partition coefficient (Wildman–Crippen LogP) is 3.43. The lowest BCUT2D eigenvalue weighted by molar-refractivity contribution is -0.116. The highest BCUT2D eigenvalue weighted by Crippen LogP contribution is 2.26. The van der Waals surface area contributed by atoms with Crippen molar-refractivity contribution in [2.45, 2.75) is 33.4 Å². The minimum absolute atomic E-state index is 0.0223. The van der Waals surface area contributed by atoms with E-state index < -0.39 is 11.4 Å². The van der Waals surface area contributed by atoms with E-state index in [2.05, 4.69) is 20.4 Å². The Morgan fingerprint density at radius 2 is 2.06 bits per heavy atom. The number of nitrogens with zero attached hydrogens (tertiary/aromatic N) is 5. The lowest BCUT2D eigenvalue weighted by Gasteiger charge is -2.10. The smallest absolute Gasteiger partial charge is 0.278 e. The number of carbonyl (C=O) groups is 1. The van der Waals surface area contributed by atoms with E-state index in [-0.39, 0.29) is 30.4 Å². The Morgan fingerprint density at radius 1 is 1.21 bits per heavy atom. The highest BCUT2D eigenvalue weighted by molar-refractivity contribution is 6.06. The van der Waals surface area contributed by atoms with Crippen LogP contribution < -0.4 is 10.9 Å². The van der Waals surface area contributed by atoms with Gasteiger partial charge in [-0.3, -0.25) is 14.2 Å². The fourth-order valence-electron chi connectivity index (χ4n) is 4.01. The Bertz CT molecular complexity index is 1600. The van der Waals surface area contributed by atoms with E-state index in [9.17, 15) is 14.0 Å². The summed E-state index contributed by atoms with van der Waals surface area (Å²) in [5.41, 5.74) is 2.39. The number of anilines is 1. The first-order valence-electron chi connectivity index (χ1n) is 10.8. The number of carbonyl (C=O) groups excluding carboxylic acids is 1. The van der Waals surface area contributed by atoms with Crippen LogP contribution in [0.1, 0.15) is 24.2 Å². The number of hydrogen-bond acceptors (Lipinski definition) is 6. The van der Waals surface area contributed by atoms with Crippen LogP contribution in [0.5, 0.6) is 0 Å². The van der Waals surface area contributed by atoms with Gasteiger partial charge in [-0.15, -0.1) is 0 Å². The van der Waals surface area contributed by atoms with E-state index in [1.54, 1.807) is 23.6 Å². The Hall–Kier alpha value is -4.34. The predicted molar refractivity (Wildman–Crippen MR) is 124 cm³/mol. The third kappa shape index (κ3) is 3.94. The number of fused-ring (bicyclic) bond motifs is 3. The van der Waals surface area contributed by atoms with Gasteiger partial charge in [0.2, 0.25) is 11.8 Å². The summed E-state index contributed by atoms with van der Waals surface area (Å²) >= 11 is 0. The molecule has 0 bridgehead atoms. The first kappa shape index (κ1) is 21.5. The molecule has 0 unspecified atom stereocenters. The van der Waals surface area contributed by atoms with Crippen molar-refractivity contribution >= 4 is 33.5 Å². The number of amides is 1. The molecule has 2 aromatic carbocycles. The highest BCUT2D eigenvalue weighted by Gasteiger charge is 2.20. The number of hydrogen-bond donors (Lipinski definition) is 1. The van der Waals surface area contributed by atoms with Crippen molar-refractivity contribution in [3.05, 3.63) is 82.2 Å². The van der Waals surface area contributed by atoms with Crippen LogP contribution in [0, 0.1) is 12.7 Å². The van der Waals surface area contributed by atoms with Crippen molar-refractivity contribution in [1.82, 2.24) is 24.3 Å². The molecule has 0 spiro atoms. The summed E-state index contributed by atoms with van der Waals surface area (Å²) in [6, 6.07) is 11.7. The van der Waals surface area contributed by atoms with Gasteiger partial charge in [-0.25, -0.2) is 9.37 Å². The van der Waals surface area contributed by atoms with Gasteiger partial charge in [-0.05, 0) is 49.2 Å². The number of nitrogens with one attached hydrogen (secondary N) is 1. The Labute approximate surface area is 192 Å². The molecular weight excluding hydrogens is 439 g/mol. The molecule has 9 nitrogen and oxygen atoms in total. The van der Waals surface area contributed by atoms with E-state index in [4.69, 9.17) is 4.52 Å². The number of aromatic nitrogens is 5. The van der Waals surface area contributed by atoms with Gasteiger partial charge >= 0.3 is 0 Å². The zero-order valence-corrected chi connectivity index (χ0v) is 18.6. The fourth-order valence-corrected chi connectivity index (χ4v) is 4.01. The molecule has 0 aliphatic rings. The number of halogens is 1. The third-order valence-electron chi connectivity index (χ3n) is 5.58. The van der Waals surface area contributed by atoms with Crippen LogP contribution >= 0.6 is 0 Å². The molecule has 0 saturated heterocycles. The maximum Gasteiger partial charge on any atom is 0.278 e. The second-order valence-electron chi connectivity index (χ2n) is 7.96. The Morgan fingerprint density at radius 3 is 2.82 bits per heavy atom. The zero-order valence-electron chi connectivity index (χ0n) is 18.6. The molecule has 10 heteroatoms. The minimum Gasteiger partial charge on any atom is -0.337 e. The average Bonchev–Trinajstić information content (AvgIpc) is 3.36. The summed E-state index contributed by atoms with van der Waals surface area (Å²) in [5.74, 6) is -0.0769. The summed E-state index contributed by atoms with van der Waals surface area (Å²) in [6.07, 6.45) is 2.20. The number of benzene rings is 2. The molecule has 3 heterocycles. The van der Waals surface area contributed by atoms with E-state index in [1.165, 1.54) is 23.0 Å². The van der Waals surface area contributed by atoms with Crippen LogP contribution in [0.3, 0.4) is 0 Å². The SMILES string of the molecule is CCc1cccc(NC(=O)Cn2c3ccc(F)cc3c3ncn(Cc4nc(C)no4)c(=O)c32)c1. The van der Waals surface area contributed by atoms with Gasteiger partial charge in [0, 0.05) is 11.1 Å². The maximum atomic E-state index is 14.0. The van der Waals surface area contributed by atoms with E-state index in [0.29, 0.717) is 27.9 Å². The summed E-state index contributed by atoms with van der Waals surface area (Å²) in [6.45, 7) is 3.58. The minimum atomic E-state index is -0.459. The molecule has 5 aromatic rings. The van der Waals surface area contributed by atoms with E-state index in [1.807, 2.05) is 25.1 Å². The molecule has 0 aliphatic carbocycles. The molecule has 1 amide bonds. The first-order valence-corrected chi connectivity index (χ1v) is 10.8. The van der Waals surface area contributed by atoms with Gasteiger partial charge in [0.05, 0.1) is 11.8 Å². The molecule has 5 rings (SSSR count). The standard InChI is InChI=1S/C24H21FN6O3/c1-3-15-5-4-6-17(9-15)28-20(32)11-31-19-8-7-16(25)10-18(19)22-23(31)24(33)30(13-26-22)12-21-27-14(2)29-34-21/h4-10,13H,3,11-12H2,1-2H3,(H,28,32). The van der Waals surface area contributed by atoms with Gasteiger partial charge < -0.3 is 14.4 Å².